The van der Waals surface area contributed by atoms with Gasteiger partial charge in [-0.25, -0.2) is 4.98 Å². The number of nitrogens with zero attached hydrogens (tertiary/aromatic N) is 3. The van der Waals surface area contributed by atoms with Gasteiger partial charge in [0.25, 0.3) is 5.89 Å². The Hall–Kier alpha value is -2.69. The molecule has 0 aliphatic heterocycles. The van der Waals surface area contributed by atoms with Crippen molar-refractivity contribution in [3.8, 4) is 11.5 Å². The number of aromatic nitrogens is 3. The third-order valence-electron chi connectivity index (χ3n) is 3.49. The molecule has 22 heavy (non-hydrogen) atoms. The molecule has 0 amide bonds. The highest BCUT2D eigenvalue weighted by Gasteiger charge is 2.07. The minimum atomic E-state index is 0.511. The molecule has 0 fully saturated rings. The first-order chi connectivity index (χ1) is 10.8. The van der Waals surface area contributed by atoms with Crippen LogP contribution in [-0.2, 0) is 13.0 Å². The van der Waals surface area contributed by atoms with Crippen LogP contribution >= 0.6 is 0 Å². The predicted octanol–water partition coefficient (Wildman–Crippen LogP) is 3.61. The number of nitrogens with one attached hydrogen (secondary N) is 1. The number of anilines is 1. The zero-order valence-corrected chi connectivity index (χ0v) is 12.7. The molecule has 0 saturated heterocycles. The third-order valence-corrected chi connectivity index (χ3v) is 3.49. The standard InChI is InChI=1S/C17H18N4O/c1-3-13-6-4-5-7-15(13)11-19-16-10-14(8-9-18-16)17-20-12(2)21-22-17/h4-10H,3,11H2,1-2H3,(H,18,19). The van der Waals surface area contributed by atoms with Gasteiger partial charge in [-0.3, -0.25) is 0 Å². The first kappa shape index (κ1) is 14.3. The van der Waals surface area contributed by atoms with Crippen LogP contribution in [0, 0.1) is 6.92 Å². The van der Waals surface area contributed by atoms with Crippen molar-refractivity contribution in [2.75, 3.05) is 5.32 Å². The summed E-state index contributed by atoms with van der Waals surface area (Å²) in [4.78, 5) is 8.58. The second kappa shape index (κ2) is 6.39. The Morgan fingerprint density at radius 2 is 1.95 bits per heavy atom. The van der Waals surface area contributed by atoms with Crippen LogP contribution in [0.3, 0.4) is 0 Å². The van der Waals surface area contributed by atoms with Crippen molar-refractivity contribution in [2.24, 2.45) is 0 Å². The summed E-state index contributed by atoms with van der Waals surface area (Å²) < 4.78 is 5.19. The molecule has 3 aromatic rings. The summed E-state index contributed by atoms with van der Waals surface area (Å²) in [5, 5.41) is 7.16. The van der Waals surface area contributed by atoms with E-state index in [9.17, 15) is 0 Å². The monoisotopic (exact) mass is 294 g/mol. The van der Waals surface area contributed by atoms with Crippen molar-refractivity contribution in [1.29, 1.82) is 0 Å². The van der Waals surface area contributed by atoms with Gasteiger partial charge in [0.05, 0.1) is 0 Å². The van der Waals surface area contributed by atoms with Crippen LogP contribution in [0.2, 0.25) is 0 Å². The molecule has 0 spiro atoms. The van der Waals surface area contributed by atoms with Gasteiger partial charge >= 0.3 is 0 Å². The largest absolute Gasteiger partial charge is 0.366 e. The molecule has 1 aromatic carbocycles. The summed E-state index contributed by atoms with van der Waals surface area (Å²) >= 11 is 0. The molecule has 0 atom stereocenters. The number of aryl methyl sites for hydroxylation is 2. The highest BCUT2D eigenvalue weighted by molar-refractivity contribution is 5.57. The van der Waals surface area contributed by atoms with Gasteiger partial charge in [-0.2, -0.15) is 4.98 Å². The summed E-state index contributed by atoms with van der Waals surface area (Å²) in [5.74, 6) is 1.93. The maximum Gasteiger partial charge on any atom is 0.258 e. The van der Waals surface area contributed by atoms with Crippen molar-refractivity contribution in [3.63, 3.8) is 0 Å². The average molecular weight is 294 g/mol. The zero-order valence-electron chi connectivity index (χ0n) is 12.7. The second-order valence-corrected chi connectivity index (χ2v) is 5.05. The molecule has 0 bridgehead atoms. The van der Waals surface area contributed by atoms with E-state index in [-0.39, 0.29) is 0 Å². The molecular formula is C17H18N4O. The normalized spacial score (nSPS) is 10.6. The first-order valence-electron chi connectivity index (χ1n) is 7.33. The van der Waals surface area contributed by atoms with Crippen molar-refractivity contribution >= 4 is 5.82 Å². The maximum atomic E-state index is 5.19. The fourth-order valence-electron chi connectivity index (χ4n) is 2.34. The molecule has 5 heteroatoms. The van der Waals surface area contributed by atoms with E-state index >= 15 is 0 Å². The summed E-state index contributed by atoms with van der Waals surface area (Å²) in [5.41, 5.74) is 3.49. The van der Waals surface area contributed by atoms with Crippen LogP contribution in [-0.4, -0.2) is 15.1 Å². The molecule has 112 valence electrons. The van der Waals surface area contributed by atoms with Crippen LogP contribution in [0.1, 0.15) is 23.9 Å². The highest BCUT2D eigenvalue weighted by atomic mass is 16.5. The minimum absolute atomic E-state index is 0.511. The number of benzene rings is 1. The average Bonchev–Trinajstić information content (AvgIpc) is 3.00. The van der Waals surface area contributed by atoms with Gasteiger partial charge in [0, 0.05) is 18.3 Å². The smallest absolute Gasteiger partial charge is 0.258 e. The van der Waals surface area contributed by atoms with Gasteiger partial charge in [-0.15, -0.1) is 0 Å². The molecule has 1 N–H and O–H groups in total. The summed E-state index contributed by atoms with van der Waals surface area (Å²) in [6.45, 7) is 4.70. The lowest BCUT2D eigenvalue weighted by Gasteiger charge is -2.10. The fourth-order valence-corrected chi connectivity index (χ4v) is 2.34. The lowest BCUT2D eigenvalue weighted by molar-refractivity contribution is 0.425. The maximum absolute atomic E-state index is 5.19. The minimum Gasteiger partial charge on any atom is -0.366 e. The molecule has 0 aliphatic carbocycles. The SMILES string of the molecule is CCc1ccccc1CNc1cc(-c2nc(C)no2)ccn1. The van der Waals surface area contributed by atoms with E-state index < -0.39 is 0 Å². The first-order valence-corrected chi connectivity index (χ1v) is 7.33. The van der Waals surface area contributed by atoms with Gasteiger partial charge in [-0.1, -0.05) is 36.3 Å². The Kier molecular flexibility index (Phi) is 4.14. The van der Waals surface area contributed by atoms with Crippen LogP contribution in [0.4, 0.5) is 5.82 Å². The van der Waals surface area contributed by atoms with Crippen molar-refractivity contribution < 1.29 is 4.52 Å². The van der Waals surface area contributed by atoms with Crippen molar-refractivity contribution in [1.82, 2.24) is 15.1 Å². The highest BCUT2D eigenvalue weighted by Crippen LogP contribution is 2.20. The molecule has 5 nitrogen and oxygen atoms in total. The summed E-state index contributed by atoms with van der Waals surface area (Å²) in [6, 6.07) is 12.2. The lowest BCUT2D eigenvalue weighted by Crippen LogP contribution is -2.03. The number of pyridine rings is 1. The second-order valence-electron chi connectivity index (χ2n) is 5.05. The van der Waals surface area contributed by atoms with E-state index in [0.717, 1.165) is 24.3 Å². The zero-order chi connectivity index (χ0) is 15.4. The Morgan fingerprint density at radius 1 is 1.14 bits per heavy atom. The number of hydrogen-bond acceptors (Lipinski definition) is 5. The van der Waals surface area contributed by atoms with Gasteiger partial charge in [0.1, 0.15) is 5.82 Å². The van der Waals surface area contributed by atoms with Crippen molar-refractivity contribution in [3.05, 3.63) is 59.5 Å². The van der Waals surface area contributed by atoms with E-state index in [0.29, 0.717) is 11.7 Å². The van der Waals surface area contributed by atoms with Gasteiger partial charge in [0.15, 0.2) is 5.82 Å². The topological polar surface area (TPSA) is 63.8 Å². The lowest BCUT2D eigenvalue weighted by atomic mass is 10.1. The molecule has 0 aliphatic rings. The Bertz CT molecular complexity index is 767. The quantitative estimate of drug-likeness (QED) is 0.778. The number of rotatable bonds is 5. The van der Waals surface area contributed by atoms with Gasteiger partial charge in [0.2, 0.25) is 0 Å². The van der Waals surface area contributed by atoms with E-state index in [4.69, 9.17) is 4.52 Å². The molecule has 0 saturated carbocycles. The van der Waals surface area contributed by atoms with E-state index in [2.05, 4.69) is 51.6 Å². The van der Waals surface area contributed by atoms with Crippen LogP contribution < -0.4 is 5.32 Å². The number of hydrogen-bond donors (Lipinski definition) is 1. The van der Waals surface area contributed by atoms with Crippen LogP contribution in [0.5, 0.6) is 0 Å². The predicted molar refractivity (Wildman–Crippen MR) is 85.4 cm³/mol. The van der Waals surface area contributed by atoms with E-state index in [1.165, 1.54) is 11.1 Å². The van der Waals surface area contributed by atoms with Gasteiger partial charge < -0.3 is 9.84 Å². The Balaban J connectivity index is 1.76. The summed E-state index contributed by atoms with van der Waals surface area (Å²) in [7, 11) is 0. The summed E-state index contributed by atoms with van der Waals surface area (Å²) in [6.07, 6.45) is 2.76. The Labute approximate surface area is 129 Å². The molecule has 3 rings (SSSR count). The van der Waals surface area contributed by atoms with E-state index in [1.807, 2.05) is 12.1 Å². The van der Waals surface area contributed by atoms with Crippen LogP contribution in [0.15, 0.2) is 47.1 Å². The fraction of sp³-hybridized carbons (Fsp3) is 0.235. The molecule has 0 radical (unpaired) electrons. The van der Waals surface area contributed by atoms with Crippen molar-refractivity contribution in [2.45, 2.75) is 26.8 Å². The third kappa shape index (κ3) is 3.14. The molecule has 2 aromatic heterocycles. The molecule has 2 heterocycles. The van der Waals surface area contributed by atoms with E-state index in [1.54, 1.807) is 13.1 Å². The molecule has 0 unspecified atom stereocenters. The molecular weight excluding hydrogens is 276 g/mol. The Morgan fingerprint density at radius 3 is 2.68 bits per heavy atom. The van der Waals surface area contributed by atoms with Gasteiger partial charge in [-0.05, 0) is 36.6 Å². The van der Waals surface area contributed by atoms with Crippen LogP contribution in [0.25, 0.3) is 11.5 Å².